The molecule has 2 N–H and O–H groups in total. The van der Waals surface area contributed by atoms with Gasteiger partial charge in [-0.05, 0) is 31.7 Å². The molecule has 0 aromatic carbocycles. The number of esters is 1. The summed E-state index contributed by atoms with van der Waals surface area (Å²) in [4.78, 5) is 39.7. The van der Waals surface area contributed by atoms with Gasteiger partial charge in [0.2, 0.25) is 5.91 Å². The van der Waals surface area contributed by atoms with E-state index >= 15 is 0 Å². The summed E-state index contributed by atoms with van der Waals surface area (Å²) in [6.07, 6.45) is 3.66. The van der Waals surface area contributed by atoms with Gasteiger partial charge in [0.15, 0.2) is 5.13 Å². The van der Waals surface area contributed by atoms with Gasteiger partial charge >= 0.3 is 5.97 Å². The SMILES string of the molecule is Cc1occc1C(=O)Nc1nc(CC(=O)NCC(=O)OCC2CC2)cs1. The molecule has 2 aromatic rings. The molecule has 0 radical (unpaired) electrons. The number of anilines is 1. The van der Waals surface area contributed by atoms with Crippen molar-refractivity contribution >= 4 is 34.3 Å². The maximum absolute atomic E-state index is 12.1. The van der Waals surface area contributed by atoms with Crippen LogP contribution in [-0.2, 0) is 20.7 Å². The van der Waals surface area contributed by atoms with Crippen LogP contribution in [0.4, 0.5) is 5.13 Å². The molecule has 1 aliphatic rings. The molecule has 0 saturated heterocycles. The third kappa shape index (κ3) is 5.16. The lowest BCUT2D eigenvalue weighted by Gasteiger charge is -2.05. The van der Waals surface area contributed by atoms with Crippen molar-refractivity contribution in [1.29, 1.82) is 0 Å². The van der Waals surface area contributed by atoms with Gasteiger partial charge in [-0.15, -0.1) is 11.3 Å². The van der Waals surface area contributed by atoms with Crippen LogP contribution in [0.2, 0.25) is 0 Å². The molecule has 2 aromatic heterocycles. The minimum absolute atomic E-state index is 0.0208. The molecule has 0 atom stereocenters. The third-order valence-corrected chi connectivity index (χ3v) is 4.63. The second-order valence-electron chi connectivity index (χ2n) is 6.07. The lowest BCUT2D eigenvalue weighted by atomic mass is 10.2. The second-order valence-corrected chi connectivity index (χ2v) is 6.93. The maximum Gasteiger partial charge on any atom is 0.325 e. The smallest absolute Gasteiger partial charge is 0.325 e. The Morgan fingerprint density at radius 2 is 2.19 bits per heavy atom. The first-order chi connectivity index (χ1) is 12.5. The van der Waals surface area contributed by atoms with E-state index in [0.717, 1.165) is 12.8 Å². The van der Waals surface area contributed by atoms with Crippen molar-refractivity contribution < 1.29 is 23.5 Å². The van der Waals surface area contributed by atoms with E-state index in [0.29, 0.717) is 34.7 Å². The summed E-state index contributed by atoms with van der Waals surface area (Å²) in [5.74, 6) is -0.0782. The van der Waals surface area contributed by atoms with E-state index in [9.17, 15) is 14.4 Å². The number of nitrogens with one attached hydrogen (secondary N) is 2. The second kappa shape index (κ2) is 8.13. The number of furan rings is 1. The molecule has 9 heteroatoms. The standard InChI is InChI=1S/C17H19N3O5S/c1-10-13(4-5-24-10)16(23)20-17-19-12(9-26-17)6-14(21)18-7-15(22)25-8-11-2-3-11/h4-5,9,11H,2-3,6-8H2,1H3,(H,18,21)(H,19,20,23). The molecule has 0 unspecified atom stereocenters. The van der Waals surface area contributed by atoms with Crippen molar-refractivity contribution in [2.45, 2.75) is 26.2 Å². The van der Waals surface area contributed by atoms with Crippen molar-refractivity contribution in [2.75, 3.05) is 18.5 Å². The van der Waals surface area contributed by atoms with Crippen LogP contribution in [0.1, 0.15) is 34.7 Å². The van der Waals surface area contributed by atoms with Crippen molar-refractivity contribution in [3.05, 3.63) is 34.7 Å². The molecule has 1 aliphatic carbocycles. The molecule has 0 spiro atoms. The number of hydrogen-bond acceptors (Lipinski definition) is 7. The zero-order chi connectivity index (χ0) is 18.5. The lowest BCUT2D eigenvalue weighted by Crippen LogP contribution is -2.32. The molecule has 8 nitrogen and oxygen atoms in total. The fourth-order valence-electron chi connectivity index (χ4n) is 2.17. The molecule has 0 aliphatic heterocycles. The highest BCUT2D eigenvalue weighted by atomic mass is 32.1. The molecule has 138 valence electrons. The fourth-order valence-corrected chi connectivity index (χ4v) is 2.88. The normalized spacial score (nSPS) is 13.3. The zero-order valence-corrected chi connectivity index (χ0v) is 15.1. The van der Waals surface area contributed by atoms with Crippen molar-refractivity contribution in [2.24, 2.45) is 5.92 Å². The summed E-state index contributed by atoms with van der Waals surface area (Å²) in [5, 5.41) is 7.25. The number of aryl methyl sites for hydroxylation is 1. The van der Waals surface area contributed by atoms with E-state index in [2.05, 4.69) is 15.6 Å². The van der Waals surface area contributed by atoms with Gasteiger partial charge in [-0.25, -0.2) is 4.98 Å². The minimum atomic E-state index is -0.438. The first kappa shape index (κ1) is 18.1. The number of amides is 2. The number of nitrogens with zero attached hydrogens (tertiary/aromatic N) is 1. The summed E-state index contributed by atoms with van der Waals surface area (Å²) in [7, 11) is 0. The maximum atomic E-state index is 12.1. The Morgan fingerprint density at radius 1 is 1.38 bits per heavy atom. The highest BCUT2D eigenvalue weighted by molar-refractivity contribution is 7.14. The molecule has 1 saturated carbocycles. The number of ether oxygens (including phenoxy) is 1. The lowest BCUT2D eigenvalue weighted by molar-refractivity contribution is -0.144. The van der Waals surface area contributed by atoms with Gasteiger partial charge in [0.1, 0.15) is 12.3 Å². The quantitative estimate of drug-likeness (QED) is 0.680. The van der Waals surface area contributed by atoms with Crippen LogP contribution >= 0.6 is 11.3 Å². The van der Waals surface area contributed by atoms with Crippen LogP contribution in [0, 0.1) is 12.8 Å². The molecule has 0 bridgehead atoms. The average Bonchev–Trinajstić information content (AvgIpc) is 3.18. The van der Waals surface area contributed by atoms with E-state index in [1.165, 1.54) is 17.6 Å². The number of thiazole rings is 1. The number of rotatable bonds is 8. The number of carbonyl (C=O) groups excluding carboxylic acids is 3. The Labute approximate surface area is 153 Å². The summed E-state index contributed by atoms with van der Waals surface area (Å²) >= 11 is 1.22. The molecule has 26 heavy (non-hydrogen) atoms. The van der Waals surface area contributed by atoms with Crippen molar-refractivity contribution in [1.82, 2.24) is 10.3 Å². The first-order valence-corrected chi connectivity index (χ1v) is 9.11. The van der Waals surface area contributed by atoms with E-state index in [4.69, 9.17) is 9.15 Å². The van der Waals surface area contributed by atoms with E-state index in [-0.39, 0.29) is 24.8 Å². The Morgan fingerprint density at radius 3 is 2.88 bits per heavy atom. The topological polar surface area (TPSA) is 111 Å². The van der Waals surface area contributed by atoms with E-state index in [1.54, 1.807) is 18.4 Å². The zero-order valence-electron chi connectivity index (χ0n) is 14.2. The number of aromatic nitrogens is 1. The molecule has 3 rings (SSSR count). The molecule has 2 amide bonds. The van der Waals surface area contributed by atoms with Gasteiger partial charge in [0.25, 0.3) is 5.91 Å². The van der Waals surface area contributed by atoms with Gasteiger partial charge in [-0.2, -0.15) is 0 Å². The number of hydrogen-bond donors (Lipinski definition) is 2. The van der Waals surface area contributed by atoms with Crippen LogP contribution in [0.15, 0.2) is 22.1 Å². The van der Waals surface area contributed by atoms with Gasteiger partial charge in [0, 0.05) is 5.38 Å². The fraction of sp³-hybridized carbons (Fsp3) is 0.412. The van der Waals surface area contributed by atoms with Gasteiger partial charge in [-0.1, -0.05) is 0 Å². The Kier molecular flexibility index (Phi) is 5.67. The first-order valence-electron chi connectivity index (χ1n) is 8.23. The van der Waals surface area contributed by atoms with Crippen molar-refractivity contribution in [3.8, 4) is 0 Å². The van der Waals surface area contributed by atoms with Crippen LogP contribution in [0.3, 0.4) is 0 Å². The molecular formula is C17H19N3O5S. The minimum Gasteiger partial charge on any atom is -0.469 e. The largest absolute Gasteiger partial charge is 0.469 e. The van der Waals surface area contributed by atoms with E-state index in [1.807, 2.05) is 0 Å². The van der Waals surface area contributed by atoms with Crippen LogP contribution in [-0.4, -0.2) is 35.9 Å². The Bertz CT molecular complexity index is 809. The summed E-state index contributed by atoms with van der Waals surface area (Å²) in [5.41, 5.74) is 0.947. The molecular weight excluding hydrogens is 358 g/mol. The summed E-state index contributed by atoms with van der Waals surface area (Å²) in [6, 6.07) is 1.58. The Balaban J connectivity index is 1.42. The predicted octanol–water partition coefficient (Wildman–Crippen LogP) is 1.91. The Hall–Kier alpha value is -2.68. The van der Waals surface area contributed by atoms with Crippen molar-refractivity contribution in [3.63, 3.8) is 0 Å². The van der Waals surface area contributed by atoms with Gasteiger partial charge in [-0.3, -0.25) is 19.7 Å². The van der Waals surface area contributed by atoms with Crippen LogP contribution in [0.5, 0.6) is 0 Å². The molecule has 2 heterocycles. The van der Waals surface area contributed by atoms with Gasteiger partial charge < -0.3 is 14.5 Å². The average molecular weight is 377 g/mol. The number of carbonyl (C=O) groups is 3. The molecule has 1 fully saturated rings. The van der Waals surface area contributed by atoms with Gasteiger partial charge in [0.05, 0.1) is 30.5 Å². The monoisotopic (exact) mass is 377 g/mol. The third-order valence-electron chi connectivity index (χ3n) is 3.82. The van der Waals surface area contributed by atoms with Crippen LogP contribution in [0.25, 0.3) is 0 Å². The predicted molar refractivity (Wildman–Crippen MR) is 93.9 cm³/mol. The highest BCUT2D eigenvalue weighted by Crippen LogP contribution is 2.28. The van der Waals surface area contributed by atoms with Crippen LogP contribution < -0.4 is 10.6 Å². The highest BCUT2D eigenvalue weighted by Gasteiger charge is 2.23. The van der Waals surface area contributed by atoms with E-state index < -0.39 is 5.97 Å². The summed E-state index contributed by atoms with van der Waals surface area (Å²) < 4.78 is 10.1. The summed E-state index contributed by atoms with van der Waals surface area (Å²) in [6.45, 7) is 1.97.